The highest BCUT2D eigenvalue weighted by Gasteiger charge is 2.12. The molecule has 0 heterocycles. The predicted molar refractivity (Wildman–Crippen MR) is 68.2 cm³/mol. The molecule has 0 fully saturated rings. The minimum absolute atomic E-state index is 0.0323. The van der Waals surface area contributed by atoms with E-state index in [1.54, 1.807) is 13.0 Å². The molecule has 17 heavy (non-hydrogen) atoms. The molecule has 0 unspecified atom stereocenters. The van der Waals surface area contributed by atoms with Crippen LogP contribution in [0.2, 0.25) is 0 Å². The van der Waals surface area contributed by atoms with Gasteiger partial charge in [-0.2, -0.15) is 0 Å². The van der Waals surface area contributed by atoms with Gasteiger partial charge in [-0.3, -0.25) is 4.79 Å². The van der Waals surface area contributed by atoms with Crippen molar-refractivity contribution in [2.75, 3.05) is 18.2 Å². The minimum Gasteiger partial charge on any atom is -0.469 e. The largest absolute Gasteiger partial charge is 0.469 e. The number of hydrogen-bond donors (Lipinski definition) is 2. The lowest BCUT2D eigenvalue weighted by atomic mass is 10.2. The van der Waals surface area contributed by atoms with Crippen LogP contribution >= 0.6 is 15.9 Å². The number of carbonyl (C=O) groups is 1. The maximum Gasteiger partial charge on any atom is 0.307 e. The second-order valence-corrected chi connectivity index (χ2v) is 4.59. The van der Waals surface area contributed by atoms with Gasteiger partial charge in [0, 0.05) is 10.5 Å². The van der Waals surface area contributed by atoms with Gasteiger partial charge < -0.3 is 15.8 Å². The van der Waals surface area contributed by atoms with Gasteiger partial charge in [0.05, 0.1) is 24.9 Å². The number of hydrogen-bond acceptors (Lipinski definition) is 4. The second-order valence-electron chi connectivity index (χ2n) is 3.67. The Balaban J connectivity index is 2.77. The average molecular weight is 305 g/mol. The zero-order valence-corrected chi connectivity index (χ0v) is 11.2. The van der Waals surface area contributed by atoms with E-state index in [9.17, 15) is 9.18 Å². The first-order valence-electron chi connectivity index (χ1n) is 5.02. The summed E-state index contributed by atoms with van der Waals surface area (Å²) in [5.74, 6) is -0.841. The molecule has 0 spiro atoms. The third-order valence-corrected chi connectivity index (χ3v) is 2.65. The number of anilines is 2. The Morgan fingerprint density at radius 2 is 2.29 bits per heavy atom. The number of methoxy groups -OCH3 is 1. The molecule has 0 aliphatic carbocycles. The number of ether oxygens (including phenoxy) is 1. The Hall–Kier alpha value is -1.30. The molecule has 0 bridgehead atoms. The molecule has 94 valence electrons. The van der Waals surface area contributed by atoms with Crippen molar-refractivity contribution in [1.82, 2.24) is 0 Å². The Bertz CT molecular complexity index is 426. The van der Waals surface area contributed by atoms with E-state index in [1.807, 2.05) is 0 Å². The van der Waals surface area contributed by atoms with Crippen molar-refractivity contribution < 1.29 is 13.9 Å². The Labute approximate surface area is 107 Å². The van der Waals surface area contributed by atoms with Crippen molar-refractivity contribution in [2.24, 2.45) is 0 Å². The molecule has 0 saturated heterocycles. The second kappa shape index (κ2) is 5.86. The van der Waals surface area contributed by atoms with Crippen molar-refractivity contribution in [3.8, 4) is 0 Å². The summed E-state index contributed by atoms with van der Waals surface area (Å²) in [7, 11) is 1.32. The molecule has 1 atom stereocenters. The van der Waals surface area contributed by atoms with Crippen LogP contribution in [0.5, 0.6) is 0 Å². The molecule has 0 aromatic heterocycles. The molecule has 1 aromatic rings. The van der Waals surface area contributed by atoms with Crippen LogP contribution in [-0.2, 0) is 9.53 Å². The topological polar surface area (TPSA) is 64.3 Å². The van der Waals surface area contributed by atoms with Crippen LogP contribution in [0.3, 0.4) is 0 Å². The molecule has 0 radical (unpaired) electrons. The third kappa shape index (κ3) is 3.89. The van der Waals surface area contributed by atoms with Crippen molar-refractivity contribution in [3.05, 3.63) is 22.4 Å². The first-order valence-corrected chi connectivity index (χ1v) is 5.81. The predicted octanol–water partition coefficient (Wildman–Crippen LogP) is 2.53. The van der Waals surface area contributed by atoms with Crippen LogP contribution in [0, 0.1) is 5.82 Å². The van der Waals surface area contributed by atoms with E-state index in [0.717, 1.165) is 0 Å². The number of carbonyl (C=O) groups excluding carboxylic acids is 1. The summed E-state index contributed by atoms with van der Waals surface area (Å²) in [6.07, 6.45) is 0.185. The molecule has 4 nitrogen and oxygen atoms in total. The molecule has 0 saturated carbocycles. The quantitative estimate of drug-likeness (QED) is 0.663. The number of esters is 1. The maximum atomic E-state index is 13.3. The summed E-state index contributed by atoms with van der Waals surface area (Å²) in [6.45, 7) is 1.79. The summed E-state index contributed by atoms with van der Waals surface area (Å²) < 4.78 is 18.5. The number of rotatable bonds is 4. The number of nitrogen functional groups attached to an aromatic ring is 1. The van der Waals surface area contributed by atoms with E-state index in [2.05, 4.69) is 26.0 Å². The highest BCUT2D eigenvalue weighted by Crippen LogP contribution is 2.27. The van der Waals surface area contributed by atoms with E-state index in [4.69, 9.17) is 5.73 Å². The SMILES string of the molecule is COC(=O)C[C@@H](C)Nc1cc(Br)cc(F)c1N. The van der Waals surface area contributed by atoms with Crippen molar-refractivity contribution in [1.29, 1.82) is 0 Å². The van der Waals surface area contributed by atoms with E-state index >= 15 is 0 Å². The molecular formula is C11H14BrFN2O2. The molecule has 1 aromatic carbocycles. The zero-order chi connectivity index (χ0) is 13.0. The minimum atomic E-state index is -0.507. The lowest BCUT2D eigenvalue weighted by molar-refractivity contribution is -0.140. The van der Waals surface area contributed by atoms with Crippen LogP contribution in [0.1, 0.15) is 13.3 Å². The summed E-state index contributed by atoms with van der Waals surface area (Å²) in [4.78, 5) is 11.1. The molecule has 0 aliphatic rings. The van der Waals surface area contributed by atoms with Crippen LogP contribution in [0.4, 0.5) is 15.8 Å². The Kier molecular flexibility index (Phi) is 4.74. The lowest BCUT2D eigenvalue weighted by Gasteiger charge is -2.16. The van der Waals surface area contributed by atoms with E-state index in [0.29, 0.717) is 10.2 Å². The lowest BCUT2D eigenvalue weighted by Crippen LogP contribution is -2.21. The van der Waals surface area contributed by atoms with Gasteiger partial charge >= 0.3 is 5.97 Å². The van der Waals surface area contributed by atoms with E-state index < -0.39 is 5.82 Å². The number of halogens is 2. The average Bonchev–Trinajstić information content (AvgIpc) is 2.24. The summed E-state index contributed by atoms with van der Waals surface area (Å²) in [5, 5.41) is 2.96. The molecule has 6 heteroatoms. The van der Waals surface area contributed by atoms with Gasteiger partial charge in [0.15, 0.2) is 0 Å². The Morgan fingerprint density at radius 3 is 2.88 bits per heavy atom. The van der Waals surface area contributed by atoms with Crippen molar-refractivity contribution in [2.45, 2.75) is 19.4 Å². The normalized spacial score (nSPS) is 12.0. The summed E-state index contributed by atoms with van der Waals surface area (Å²) >= 11 is 3.17. The van der Waals surface area contributed by atoms with E-state index in [1.165, 1.54) is 13.2 Å². The summed E-state index contributed by atoms with van der Waals surface area (Å²) in [6, 6.07) is 2.75. The van der Waals surface area contributed by atoms with Gasteiger partial charge in [0.25, 0.3) is 0 Å². The van der Waals surface area contributed by atoms with Crippen LogP contribution in [-0.4, -0.2) is 19.1 Å². The third-order valence-electron chi connectivity index (χ3n) is 2.20. The fourth-order valence-corrected chi connectivity index (χ4v) is 1.78. The van der Waals surface area contributed by atoms with Crippen LogP contribution < -0.4 is 11.1 Å². The van der Waals surface area contributed by atoms with Gasteiger partial charge in [-0.1, -0.05) is 15.9 Å². The zero-order valence-electron chi connectivity index (χ0n) is 9.59. The molecule has 0 aliphatic heterocycles. The maximum absolute atomic E-state index is 13.3. The molecule has 0 amide bonds. The monoisotopic (exact) mass is 304 g/mol. The first kappa shape index (κ1) is 13.8. The van der Waals surface area contributed by atoms with Gasteiger partial charge in [-0.25, -0.2) is 4.39 Å². The fraction of sp³-hybridized carbons (Fsp3) is 0.364. The molecule has 3 N–H and O–H groups in total. The van der Waals surface area contributed by atoms with Crippen LogP contribution in [0.15, 0.2) is 16.6 Å². The van der Waals surface area contributed by atoms with Crippen molar-refractivity contribution in [3.63, 3.8) is 0 Å². The number of nitrogens with two attached hydrogens (primary N) is 1. The number of nitrogens with one attached hydrogen (secondary N) is 1. The standard InChI is InChI=1S/C11H14BrFN2O2/c1-6(3-10(16)17-2)15-9-5-7(12)4-8(13)11(9)14/h4-6,15H,3,14H2,1-2H3/t6-/m1/s1. The highest BCUT2D eigenvalue weighted by atomic mass is 79.9. The number of benzene rings is 1. The smallest absolute Gasteiger partial charge is 0.307 e. The Morgan fingerprint density at radius 1 is 1.65 bits per heavy atom. The van der Waals surface area contributed by atoms with Gasteiger partial charge in [-0.15, -0.1) is 0 Å². The van der Waals surface area contributed by atoms with Crippen molar-refractivity contribution >= 4 is 33.3 Å². The van der Waals surface area contributed by atoms with E-state index in [-0.39, 0.29) is 24.1 Å². The van der Waals surface area contributed by atoms with Crippen LogP contribution in [0.25, 0.3) is 0 Å². The first-order chi connectivity index (χ1) is 7.93. The van der Waals surface area contributed by atoms with Gasteiger partial charge in [-0.05, 0) is 19.1 Å². The van der Waals surface area contributed by atoms with Gasteiger partial charge in [0.1, 0.15) is 5.82 Å². The van der Waals surface area contributed by atoms with Gasteiger partial charge in [0.2, 0.25) is 0 Å². The fourth-order valence-electron chi connectivity index (χ4n) is 1.35. The highest BCUT2D eigenvalue weighted by molar-refractivity contribution is 9.10. The summed E-state index contributed by atoms with van der Waals surface area (Å²) in [5.41, 5.74) is 6.07. The molecule has 1 rings (SSSR count). The molecular weight excluding hydrogens is 291 g/mol.